The summed E-state index contributed by atoms with van der Waals surface area (Å²) in [5.41, 5.74) is 0. The normalized spacial score (nSPS) is 18.4. The van der Waals surface area contributed by atoms with Crippen LogP contribution >= 0.6 is 0 Å². The van der Waals surface area contributed by atoms with Crippen molar-refractivity contribution in [3.63, 3.8) is 0 Å². The molecule has 0 saturated heterocycles. The van der Waals surface area contributed by atoms with Crippen molar-refractivity contribution in [1.29, 1.82) is 0 Å². The Morgan fingerprint density at radius 3 is 2.24 bits per heavy atom. The Bertz CT molecular complexity index is 656. The molecule has 138 valence electrons. The third-order valence-electron chi connectivity index (χ3n) is 3.00. The van der Waals surface area contributed by atoms with Gasteiger partial charge in [-0.15, -0.1) is 0 Å². The van der Waals surface area contributed by atoms with E-state index in [9.17, 15) is 9.90 Å². The number of carboxylic acid groups (broad SMARTS) is 1. The molecular formula is C22H32O3. The number of rotatable bonds is 14. The van der Waals surface area contributed by atoms with Crippen molar-refractivity contribution in [2.75, 3.05) is 0 Å². The number of aliphatic hydroxyl groups excluding tert-OH is 1. The van der Waals surface area contributed by atoms with E-state index < -0.39 is 25.3 Å². The Labute approximate surface area is 159 Å². The monoisotopic (exact) mass is 349 g/mol. The van der Waals surface area contributed by atoms with Crippen LogP contribution in [0.5, 0.6) is 0 Å². The lowest BCUT2D eigenvalue weighted by molar-refractivity contribution is -0.136. The zero-order valence-corrected chi connectivity index (χ0v) is 14.6. The van der Waals surface area contributed by atoms with Gasteiger partial charge >= 0.3 is 5.97 Å². The van der Waals surface area contributed by atoms with E-state index in [4.69, 9.17) is 12.0 Å². The Morgan fingerprint density at radius 1 is 0.960 bits per heavy atom. The molecule has 0 saturated carbocycles. The number of carboxylic acids is 1. The minimum absolute atomic E-state index is 0.140. The molecule has 3 nitrogen and oxygen atoms in total. The van der Waals surface area contributed by atoms with E-state index >= 15 is 0 Å². The zero-order chi connectivity index (χ0) is 22.9. The zero-order valence-electron chi connectivity index (χ0n) is 19.6. The maximum absolute atomic E-state index is 10.3. The van der Waals surface area contributed by atoms with E-state index in [1.165, 1.54) is 6.08 Å². The maximum Gasteiger partial charge on any atom is 0.303 e. The highest BCUT2D eigenvalue weighted by atomic mass is 16.4. The van der Waals surface area contributed by atoms with Crippen molar-refractivity contribution in [2.24, 2.45) is 0 Å². The van der Waals surface area contributed by atoms with Crippen molar-refractivity contribution < 1.29 is 21.9 Å². The quantitative estimate of drug-likeness (QED) is 0.321. The summed E-state index contributed by atoms with van der Waals surface area (Å²) in [6.07, 6.45) is 21.2. The topological polar surface area (TPSA) is 57.5 Å². The van der Waals surface area contributed by atoms with Gasteiger partial charge in [-0.3, -0.25) is 4.79 Å². The van der Waals surface area contributed by atoms with Crippen LogP contribution in [0.4, 0.5) is 0 Å². The van der Waals surface area contributed by atoms with E-state index in [1.807, 2.05) is 42.5 Å². The number of allylic oxidation sites excluding steroid dienone is 10. The predicted molar refractivity (Wildman–Crippen MR) is 106 cm³/mol. The third-order valence-corrected chi connectivity index (χ3v) is 3.00. The average molecular weight is 350 g/mol. The second kappa shape index (κ2) is 18.2. The van der Waals surface area contributed by atoms with Crippen molar-refractivity contribution in [3.8, 4) is 0 Å². The van der Waals surface area contributed by atoms with Gasteiger partial charge in [-0.25, -0.2) is 0 Å². The van der Waals surface area contributed by atoms with E-state index in [1.54, 1.807) is 18.2 Å². The Kier molecular flexibility index (Phi) is 11.0. The standard InChI is InChI=1S/C22H32O3/c1-2-3-15-18-21(23)19-16-13-11-9-7-5-4-6-8-10-12-14-17-20-22(24)25/h3,5-8,11-16,19,21,23H,2,4,9-10,17-18,20H2,1H3,(H,24,25)/b7-5-,8-6-,13-11-,14-12-,15-3-,19-16+/t21-/m0/s1/i1D3,2D2. The summed E-state index contributed by atoms with van der Waals surface area (Å²) < 4.78 is 36.1. The molecule has 0 bridgehead atoms. The van der Waals surface area contributed by atoms with Gasteiger partial charge < -0.3 is 10.2 Å². The van der Waals surface area contributed by atoms with Gasteiger partial charge in [-0.05, 0) is 38.5 Å². The molecule has 0 aliphatic carbocycles. The molecule has 2 N–H and O–H groups in total. The molecule has 0 radical (unpaired) electrons. The van der Waals surface area contributed by atoms with Crippen LogP contribution in [-0.4, -0.2) is 22.3 Å². The fourth-order valence-electron chi connectivity index (χ4n) is 1.74. The first kappa shape index (κ1) is 15.2. The van der Waals surface area contributed by atoms with Gasteiger partial charge in [0.15, 0.2) is 0 Å². The predicted octanol–water partition coefficient (Wildman–Crippen LogP) is 5.52. The molecule has 1 atom stereocenters. The molecule has 0 aromatic heterocycles. The molecule has 0 spiro atoms. The number of hydrogen-bond donors (Lipinski definition) is 2. The van der Waals surface area contributed by atoms with Crippen LogP contribution in [0.3, 0.4) is 0 Å². The van der Waals surface area contributed by atoms with Crippen LogP contribution in [-0.2, 0) is 4.79 Å². The molecule has 3 heteroatoms. The molecule has 0 unspecified atom stereocenters. The molecule has 0 aliphatic rings. The summed E-state index contributed by atoms with van der Waals surface area (Å²) in [5, 5.41) is 18.3. The summed E-state index contributed by atoms with van der Waals surface area (Å²) in [5.74, 6) is -0.785. The van der Waals surface area contributed by atoms with E-state index in [2.05, 4.69) is 0 Å². The molecule has 0 aromatic carbocycles. The smallest absolute Gasteiger partial charge is 0.303 e. The molecule has 0 aliphatic heterocycles. The average Bonchev–Trinajstić information content (AvgIpc) is 2.63. The van der Waals surface area contributed by atoms with Gasteiger partial charge in [-0.2, -0.15) is 0 Å². The first-order chi connectivity index (χ1) is 14.1. The van der Waals surface area contributed by atoms with E-state index in [0.29, 0.717) is 6.42 Å². The summed E-state index contributed by atoms with van der Waals surface area (Å²) in [6, 6.07) is 0. The van der Waals surface area contributed by atoms with Crippen LogP contribution in [0.15, 0.2) is 72.9 Å². The van der Waals surface area contributed by atoms with Gasteiger partial charge in [0.05, 0.1) is 6.10 Å². The minimum Gasteiger partial charge on any atom is -0.481 e. The second-order valence-electron chi connectivity index (χ2n) is 5.22. The molecule has 0 aromatic rings. The van der Waals surface area contributed by atoms with Gasteiger partial charge in [0.25, 0.3) is 0 Å². The lowest BCUT2D eigenvalue weighted by atomic mass is 10.2. The van der Waals surface area contributed by atoms with Crippen molar-refractivity contribution in [2.45, 2.75) is 57.9 Å². The molecule has 0 amide bonds. The fraction of sp³-hybridized carbons (Fsp3) is 0.409. The lowest BCUT2D eigenvalue weighted by Crippen LogP contribution is -1.98. The Morgan fingerprint density at radius 2 is 1.60 bits per heavy atom. The largest absolute Gasteiger partial charge is 0.481 e. The number of hydrogen-bond acceptors (Lipinski definition) is 2. The molecular weight excluding hydrogens is 312 g/mol. The first-order valence-corrected chi connectivity index (χ1v) is 8.42. The van der Waals surface area contributed by atoms with Gasteiger partial charge in [0.1, 0.15) is 0 Å². The summed E-state index contributed by atoms with van der Waals surface area (Å²) in [4.78, 5) is 10.3. The minimum atomic E-state index is -2.73. The molecule has 0 heterocycles. The SMILES string of the molecule is [2H]C([2H])([2H])C([2H])([2H])/C=C\C[C@H](O)/C=C/C=C\C/C=C\C/C=C\C/C=C\CCC(=O)O. The van der Waals surface area contributed by atoms with Gasteiger partial charge in [0.2, 0.25) is 0 Å². The van der Waals surface area contributed by atoms with Crippen LogP contribution in [0, 0.1) is 0 Å². The maximum atomic E-state index is 10.3. The fourth-order valence-corrected chi connectivity index (χ4v) is 1.74. The van der Waals surface area contributed by atoms with Crippen molar-refractivity contribution in [3.05, 3.63) is 72.9 Å². The van der Waals surface area contributed by atoms with E-state index in [0.717, 1.165) is 25.3 Å². The van der Waals surface area contributed by atoms with Gasteiger partial charge in [0, 0.05) is 13.3 Å². The Balaban J connectivity index is 3.95. The first-order valence-electron chi connectivity index (χ1n) is 10.9. The van der Waals surface area contributed by atoms with Gasteiger partial charge in [-0.1, -0.05) is 79.8 Å². The Hall–Kier alpha value is -2.13. The van der Waals surface area contributed by atoms with Crippen LogP contribution in [0.25, 0.3) is 0 Å². The van der Waals surface area contributed by atoms with Crippen LogP contribution < -0.4 is 0 Å². The highest BCUT2D eigenvalue weighted by Crippen LogP contribution is 1.98. The summed E-state index contributed by atoms with van der Waals surface area (Å²) in [6.45, 7) is -2.73. The van der Waals surface area contributed by atoms with E-state index in [-0.39, 0.29) is 12.8 Å². The molecule has 25 heavy (non-hydrogen) atoms. The highest BCUT2D eigenvalue weighted by Gasteiger charge is 1.92. The van der Waals surface area contributed by atoms with Crippen LogP contribution in [0.1, 0.15) is 58.6 Å². The number of aliphatic carboxylic acids is 1. The molecule has 0 fully saturated rings. The number of aliphatic hydroxyl groups is 1. The molecule has 0 rings (SSSR count). The van der Waals surface area contributed by atoms with Crippen molar-refractivity contribution >= 4 is 5.97 Å². The summed E-state index contributed by atoms with van der Waals surface area (Å²) >= 11 is 0. The lowest BCUT2D eigenvalue weighted by Gasteiger charge is -1.98. The highest BCUT2D eigenvalue weighted by molar-refractivity contribution is 5.66. The summed E-state index contributed by atoms with van der Waals surface area (Å²) in [7, 11) is 0. The second-order valence-corrected chi connectivity index (χ2v) is 5.22. The van der Waals surface area contributed by atoms with Crippen molar-refractivity contribution in [1.82, 2.24) is 0 Å². The number of carbonyl (C=O) groups is 1. The van der Waals surface area contributed by atoms with Crippen LogP contribution in [0.2, 0.25) is 0 Å². The third kappa shape index (κ3) is 19.8.